The molecule has 0 radical (unpaired) electrons. The van der Waals surface area contributed by atoms with E-state index in [-0.39, 0.29) is 5.41 Å². The molecule has 0 bridgehead atoms. The van der Waals surface area contributed by atoms with Gasteiger partial charge in [-0.15, -0.1) is 6.58 Å². The van der Waals surface area contributed by atoms with Gasteiger partial charge in [0.1, 0.15) is 0 Å². The van der Waals surface area contributed by atoms with Gasteiger partial charge in [-0.2, -0.15) is 5.26 Å². The Kier molecular flexibility index (Phi) is 9.00. The third-order valence-electron chi connectivity index (χ3n) is 3.32. The summed E-state index contributed by atoms with van der Waals surface area (Å²) < 4.78 is 0. The number of hydrogen-bond donors (Lipinski definition) is 0. The molecule has 0 unspecified atom stereocenters. The van der Waals surface area contributed by atoms with Gasteiger partial charge in [0.05, 0.1) is 11.5 Å². The fraction of sp³-hybridized carbons (Fsp3) is 0.800. The van der Waals surface area contributed by atoms with Gasteiger partial charge in [-0.1, -0.05) is 45.6 Å². The molecule has 0 saturated heterocycles. The Morgan fingerprint density at radius 1 is 1.06 bits per heavy atom. The highest BCUT2D eigenvalue weighted by atomic mass is 14.4. The summed E-state index contributed by atoms with van der Waals surface area (Å²) >= 11 is 0. The highest BCUT2D eigenvalue weighted by Gasteiger charge is 2.27. The van der Waals surface area contributed by atoms with Crippen molar-refractivity contribution in [2.24, 2.45) is 5.41 Å². The summed E-state index contributed by atoms with van der Waals surface area (Å²) in [6.07, 6.45) is 12.1. The van der Waals surface area contributed by atoms with Gasteiger partial charge >= 0.3 is 0 Å². The predicted molar refractivity (Wildman–Crippen MR) is 71.1 cm³/mol. The van der Waals surface area contributed by atoms with Gasteiger partial charge in [0.15, 0.2) is 0 Å². The second-order valence-corrected chi connectivity index (χ2v) is 4.78. The van der Waals surface area contributed by atoms with E-state index in [1.54, 1.807) is 0 Å². The molecular weight excluding hydrogens is 194 g/mol. The molecule has 0 rings (SSSR count). The minimum absolute atomic E-state index is 0.0466. The molecule has 0 atom stereocenters. The first kappa shape index (κ1) is 15.2. The smallest absolute Gasteiger partial charge is 0.0689 e. The van der Waals surface area contributed by atoms with Crippen molar-refractivity contribution in [1.29, 1.82) is 5.26 Å². The molecule has 0 amide bonds. The lowest BCUT2D eigenvalue weighted by Gasteiger charge is -2.26. The zero-order valence-electron chi connectivity index (χ0n) is 11.1. The van der Waals surface area contributed by atoms with Gasteiger partial charge in [-0.3, -0.25) is 0 Å². The van der Waals surface area contributed by atoms with E-state index in [4.69, 9.17) is 0 Å². The number of rotatable bonds is 10. The Hall–Kier alpha value is -0.770. The summed E-state index contributed by atoms with van der Waals surface area (Å²) in [4.78, 5) is 0. The zero-order chi connectivity index (χ0) is 12.3. The minimum atomic E-state index is -0.0466. The predicted octanol–water partition coefficient (Wildman–Crippen LogP) is 5.23. The first-order valence-electron chi connectivity index (χ1n) is 6.76. The van der Waals surface area contributed by atoms with Gasteiger partial charge < -0.3 is 0 Å². The lowest BCUT2D eigenvalue weighted by atomic mass is 9.76. The normalized spacial score (nSPS) is 11.1. The van der Waals surface area contributed by atoms with Crippen LogP contribution in [0.3, 0.4) is 0 Å². The third kappa shape index (κ3) is 5.95. The zero-order valence-corrected chi connectivity index (χ0v) is 11.1. The number of hydrogen-bond acceptors (Lipinski definition) is 1. The Morgan fingerprint density at radius 2 is 1.56 bits per heavy atom. The van der Waals surface area contributed by atoms with E-state index in [1.807, 2.05) is 6.08 Å². The van der Waals surface area contributed by atoms with Crippen molar-refractivity contribution in [2.75, 3.05) is 0 Å². The summed E-state index contributed by atoms with van der Waals surface area (Å²) in [5.41, 5.74) is -0.0466. The van der Waals surface area contributed by atoms with Crippen molar-refractivity contribution in [3.8, 4) is 6.07 Å². The van der Waals surface area contributed by atoms with Gasteiger partial charge in [-0.25, -0.2) is 0 Å². The first-order valence-corrected chi connectivity index (χ1v) is 6.76. The number of unbranched alkanes of at least 4 members (excludes halogenated alkanes) is 3. The van der Waals surface area contributed by atoms with Crippen LogP contribution in [0.2, 0.25) is 0 Å². The van der Waals surface area contributed by atoms with Crippen LogP contribution in [0, 0.1) is 16.7 Å². The third-order valence-corrected chi connectivity index (χ3v) is 3.32. The van der Waals surface area contributed by atoms with Gasteiger partial charge in [0, 0.05) is 0 Å². The van der Waals surface area contributed by atoms with Gasteiger partial charge in [-0.05, 0) is 32.1 Å². The van der Waals surface area contributed by atoms with Crippen LogP contribution in [-0.4, -0.2) is 0 Å². The quantitative estimate of drug-likeness (QED) is 0.366. The van der Waals surface area contributed by atoms with Crippen molar-refractivity contribution in [3.05, 3.63) is 12.7 Å². The van der Waals surface area contributed by atoms with Crippen LogP contribution < -0.4 is 0 Å². The van der Waals surface area contributed by atoms with Crippen molar-refractivity contribution in [3.63, 3.8) is 0 Å². The first-order chi connectivity index (χ1) is 7.74. The lowest BCUT2D eigenvalue weighted by molar-refractivity contribution is 0.285. The van der Waals surface area contributed by atoms with Crippen molar-refractivity contribution >= 4 is 0 Å². The Labute approximate surface area is 102 Å². The van der Waals surface area contributed by atoms with Crippen LogP contribution in [0.1, 0.15) is 71.6 Å². The van der Waals surface area contributed by atoms with E-state index in [0.29, 0.717) is 0 Å². The highest BCUT2D eigenvalue weighted by molar-refractivity contribution is 4.98. The van der Waals surface area contributed by atoms with E-state index >= 15 is 0 Å². The van der Waals surface area contributed by atoms with E-state index in [0.717, 1.165) is 32.1 Å². The van der Waals surface area contributed by atoms with Gasteiger partial charge in [0.2, 0.25) is 0 Å². The van der Waals surface area contributed by atoms with Crippen molar-refractivity contribution in [1.82, 2.24) is 0 Å². The standard InChI is InChI=1S/C15H27N/c1-4-7-10-13-15(14-16,11-8-5-2)12-9-6-3/h4H,1,5-13H2,2-3H3. The summed E-state index contributed by atoms with van der Waals surface area (Å²) in [6, 6.07) is 2.61. The monoisotopic (exact) mass is 221 g/mol. The fourth-order valence-corrected chi connectivity index (χ4v) is 2.16. The Bertz CT molecular complexity index is 204. The molecule has 0 aliphatic carbocycles. The maximum absolute atomic E-state index is 9.45. The molecule has 92 valence electrons. The van der Waals surface area contributed by atoms with Crippen LogP contribution in [0.25, 0.3) is 0 Å². The maximum Gasteiger partial charge on any atom is 0.0689 e. The molecule has 0 heterocycles. The average molecular weight is 221 g/mol. The van der Waals surface area contributed by atoms with Crippen LogP contribution in [0.15, 0.2) is 12.7 Å². The summed E-state index contributed by atoms with van der Waals surface area (Å²) in [7, 11) is 0. The van der Waals surface area contributed by atoms with E-state index in [2.05, 4.69) is 26.5 Å². The average Bonchev–Trinajstić information content (AvgIpc) is 2.32. The second-order valence-electron chi connectivity index (χ2n) is 4.78. The number of nitriles is 1. The van der Waals surface area contributed by atoms with Crippen molar-refractivity contribution < 1.29 is 0 Å². The van der Waals surface area contributed by atoms with E-state index in [9.17, 15) is 5.26 Å². The van der Waals surface area contributed by atoms with E-state index in [1.165, 1.54) is 25.7 Å². The van der Waals surface area contributed by atoms with Crippen molar-refractivity contribution in [2.45, 2.75) is 71.6 Å². The van der Waals surface area contributed by atoms with E-state index < -0.39 is 0 Å². The molecular formula is C15H27N. The van der Waals surface area contributed by atoms with Crippen LogP contribution >= 0.6 is 0 Å². The molecule has 0 fully saturated rings. The molecule has 0 N–H and O–H groups in total. The molecule has 0 saturated carbocycles. The maximum atomic E-state index is 9.45. The summed E-state index contributed by atoms with van der Waals surface area (Å²) in [5, 5.41) is 9.45. The largest absolute Gasteiger partial charge is 0.198 e. The Morgan fingerprint density at radius 3 is 1.94 bits per heavy atom. The molecule has 16 heavy (non-hydrogen) atoms. The summed E-state index contributed by atoms with van der Waals surface area (Å²) in [6.45, 7) is 8.15. The van der Waals surface area contributed by atoms with Crippen LogP contribution in [0.5, 0.6) is 0 Å². The topological polar surface area (TPSA) is 23.8 Å². The SMILES string of the molecule is C=CCCCC(C#N)(CCCC)CCCC. The Balaban J connectivity index is 4.29. The molecule has 0 spiro atoms. The van der Waals surface area contributed by atoms with Crippen LogP contribution in [0.4, 0.5) is 0 Å². The molecule has 0 aromatic carbocycles. The lowest BCUT2D eigenvalue weighted by Crippen LogP contribution is -2.18. The molecule has 0 aromatic heterocycles. The van der Waals surface area contributed by atoms with Crippen LogP contribution in [-0.2, 0) is 0 Å². The minimum Gasteiger partial charge on any atom is -0.198 e. The van der Waals surface area contributed by atoms with Gasteiger partial charge in [0.25, 0.3) is 0 Å². The number of nitrogens with zero attached hydrogens (tertiary/aromatic N) is 1. The number of allylic oxidation sites excluding steroid dienone is 1. The molecule has 1 nitrogen and oxygen atoms in total. The highest BCUT2D eigenvalue weighted by Crippen LogP contribution is 2.35. The molecule has 0 aliphatic rings. The molecule has 1 heteroatoms. The molecule has 0 aromatic rings. The fourth-order valence-electron chi connectivity index (χ4n) is 2.16. The summed E-state index contributed by atoms with van der Waals surface area (Å²) in [5.74, 6) is 0. The molecule has 0 aliphatic heterocycles. The second kappa shape index (κ2) is 9.46.